The molecule has 0 spiro atoms. The van der Waals surface area contributed by atoms with Crippen LogP contribution in [0.4, 0.5) is 14.9 Å². The minimum atomic E-state index is -0.935. The predicted molar refractivity (Wildman–Crippen MR) is 144 cm³/mol. The van der Waals surface area contributed by atoms with Gasteiger partial charge in [0.25, 0.3) is 0 Å². The number of rotatable bonds is 10. The molecule has 0 aromatic heterocycles. The van der Waals surface area contributed by atoms with Gasteiger partial charge in [0.15, 0.2) is 0 Å². The van der Waals surface area contributed by atoms with E-state index in [4.69, 9.17) is 9.47 Å². The quantitative estimate of drug-likeness (QED) is 0.367. The van der Waals surface area contributed by atoms with Gasteiger partial charge in [-0.3, -0.25) is 0 Å². The molecule has 7 nitrogen and oxygen atoms in total. The molecule has 2 unspecified atom stereocenters. The number of aromatic carboxylic acids is 1. The van der Waals surface area contributed by atoms with Gasteiger partial charge in [0.05, 0.1) is 31.0 Å². The maximum Gasteiger partial charge on any atom is 0.336 e. The van der Waals surface area contributed by atoms with E-state index in [0.29, 0.717) is 30.0 Å². The van der Waals surface area contributed by atoms with E-state index in [2.05, 4.69) is 5.32 Å². The molecule has 0 bridgehead atoms. The zero-order chi connectivity index (χ0) is 26.9. The van der Waals surface area contributed by atoms with Crippen LogP contribution in [0.3, 0.4) is 0 Å². The highest BCUT2D eigenvalue weighted by Gasteiger charge is 2.27. The first-order chi connectivity index (χ1) is 18.4. The van der Waals surface area contributed by atoms with E-state index in [-0.39, 0.29) is 36.7 Å². The van der Waals surface area contributed by atoms with Crippen molar-refractivity contribution in [3.05, 3.63) is 65.0 Å². The second kappa shape index (κ2) is 13.7. The van der Waals surface area contributed by atoms with Crippen molar-refractivity contribution in [2.75, 3.05) is 18.5 Å². The average Bonchev–Trinajstić information content (AvgIpc) is 2.90. The third-order valence-corrected chi connectivity index (χ3v) is 7.66. The number of carboxylic acid groups (broad SMARTS) is 1. The molecule has 0 saturated heterocycles. The van der Waals surface area contributed by atoms with Crippen molar-refractivity contribution in [1.29, 1.82) is 0 Å². The Balaban J connectivity index is 1.29. The molecule has 2 N–H and O–H groups in total. The van der Waals surface area contributed by atoms with E-state index >= 15 is 0 Å². The van der Waals surface area contributed by atoms with Gasteiger partial charge >= 0.3 is 12.0 Å². The number of hydrogen-bond acceptors (Lipinski definition) is 4. The molecule has 2 atom stereocenters. The van der Waals surface area contributed by atoms with Crippen LogP contribution in [-0.2, 0) is 16.1 Å². The molecule has 206 valence electrons. The largest absolute Gasteiger partial charge is 0.478 e. The SMILES string of the molecule is Cc1cccc(COC2CCCC(OCCN(C(=O)Nc3cccc(F)c3)C3CCCCC3)C2)c1C(=O)O. The first-order valence-electron chi connectivity index (χ1n) is 13.8. The normalized spacial score (nSPS) is 20.2. The van der Waals surface area contributed by atoms with E-state index in [9.17, 15) is 19.1 Å². The predicted octanol–water partition coefficient (Wildman–Crippen LogP) is 6.54. The van der Waals surface area contributed by atoms with Crippen molar-refractivity contribution in [2.24, 2.45) is 0 Å². The molecule has 0 radical (unpaired) electrons. The topological polar surface area (TPSA) is 88.1 Å². The lowest BCUT2D eigenvalue weighted by atomic mass is 9.94. The van der Waals surface area contributed by atoms with Crippen LogP contribution in [-0.4, -0.2) is 53.4 Å². The number of ether oxygens (including phenoxy) is 2. The monoisotopic (exact) mass is 526 g/mol. The summed E-state index contributed by atoms with van der Waals surface area (Å²) in [5, 5.41) is 12.4. The molecule has 2 aromatic rings. The lowest BCUT2D eigenvalue weighted by Gasteiger charge is -2.35. The Hall–Kier alpha value is -2.97. The van der Waals surface area contributed by atoms with Crippen LogP contribution in [0, 0.1) is 12.7 Å². The lowest BCUT2D eigenvalue weighted by molar-refractivity contribution is -0.0535. The minimum Gasteiger partial charge on any atom is -0.478 e. The van der Waals surface area contributed by atoms with E-state index in [1.807, 2.05) is 17.0 Å². The third-order valence-electron chi connectivity index (χ3n) is 7.66. The smallest absolute Gasteiger partial charge is 0.336 e. The van der Waals surface area contributed by atoms with Gasteiger partial charge in [0.1, 0.15) is 5.82 Å². The molecule has 2 aliphatic rings. The molecule has 2 amide bonds. The van der Waals surface area contributed by atoms with Gasteiger partial charge in [-0.15, -0.1) is 0 Å². The van der Waals surface area contributed by atoms with Gasteiger partial charge in [-0.25, -0.2) is 14.0 Å². The van der Waals surface area contributed by atoms with E-state index in [1.54, 1.807) is 25.1 Å². The summed E-state index contributed by atoms with van der Waals surface area (Å²) in [6, 6.07) is 11.4. The fourth-order valence-electron chi connectivity index (χ4n) is 5.69. The number of anilines is 1. The van der Waals surface area contributed by atoms with Crippen molar-refractivity contribution in [3.8, 4) is 0 Å². The van der Waals surface area contributed by atoms with E-state index in [1.165, 1.54) is 18.6 Å². The number of nitrogens with one attached hydrogen (secondary N) is 1. The second-order valence-corrected chi connectivity index (χ2v) is 10.4. The van der Waals surface area contributed by atoms with Crippen LogP contribution in [0.15, 0.2) is 42.5 Å². The number of carboxylic acids is 1. The van der Waals surface area contributed by atoms with Crippen LogP contribution in [0.2, 0.25) is 0 Å². The van der Waals surface area contributed by atoms with Crippen LogP contribution in [0.1, 0.15) is 79.3 Å². The second-order valence-electron chi connectivity index (χ2n) is 10.4. The van der Waals surface area contributed by atoms with Gasteiger partial charge < -0.3 is 24.8 Å². The zero-order valence-electron chi connectivity index (χ0n) is 22.2. The fraction of sp³-hybridized carbons (Fsp3) is 0.533. The van der Waals surface area contributed by atoms with Crippen LogP contribution in [0.5, 0.6) is 0 Å². The molecule has 2 fully saturated rings. The summed E-state index contributed by atoms with van der Waals surface area (Å²) in [6.45, 7) is 2.95. The molecule has 8 heteroatoms. The van der Waals surface area contributed by atoms with Gasteiger partial charge in [-0.05, 0) is 74.8 Å². The van der Waals surface area contributed by atoms with Crippen molar-refractivity contribution >= 4 is 17.7 Å². The highest BCUT2D eigenvalue weighted by Crippen LogP contribution is 2.27. The Morgan fingerprint density at radius 3 is 2.47 bits per heavy atom. The maximum atomic E-state index is 13.6. The first-order valence-corrected chi connectivity index (χ1v) is 13.8. The molecular weight excluding hydrogens is 487 g/mol. The summed E-state index contributed by atoms with van der Waals surface area (Å²) in [7, 11) is 0. The number of aryl methyl sites for hydroxylation is 1. The Labute approximate surface area is 224 Å². The Morgan fingerprint density at radius 2 is 1.74 bits per heavy atom. The molecule has 0 heterocycles. The van der Waals surface area contributed by atoms with Crippen molar-refractivity contribution < 1.29 is 28.6 Å². The molecular formula is C30H39FN2O5. The highest BCUT2D eigenvalue weighted by atomic mass is 19.1. The van der Waals surface area contributed by atoms with Crippen molar-refractivity contribution in [3.63, 3.8) is 0 Å². The molecule has 2 saturated carbocycles. The van der Waals surface area contributed by atoms with Crippen LogP contribution in [0.25, 0.3) is 0 Å². The van der Waals surface area contributed by atoms with Crippen LogP contribution < -0.4 is 5.32 Å². The average molecular weight is 527 g/mol. The number of urea groups is 1. The molecule has 2 aliphatic carbocycles. The zero-order valence-corrected chi connectivity index (χ0v) is 22.2. The highest BCUT2D eigenvalue weighted by molar-refractivity contribution is 5.91. The summed E-state index contributed by atoms with van der Waals surface area (Å²) in [5.41, 5.74) is 2.18. The standard InChI is InChI=1S/C30H39FN2O5/c1-21-8-5-9-22(28(21)29(34)35)20-38-27-15-7-14-26(19-27)37-17-16-33(25-12-3-2-4-13-25)30(36)32-24-11-6-10-23(31)18-24/h5-6,8-11,18,25-27H,2-4,7,12-17,19-20H2,1H3,(H,32,36)(H,34,35). The van der Waals surface area contributed by atoms with Crippen molar-refractivity contribution in [1.82, 2.24) is 4.90 Å². The lowest BCUT2D eigenvalue weighted by Crippen LogP contribution is -2.46. The number of benzene rings is 2. The van der Waals surface area contributed by atoms with E-state index in [0.717, 1.165) is 56.9 Å². The minimum absolute atomic E-state index is 0.00151. The number of amides is 2. The van der Waals surface area contributed by atoms with Gasteiger partial charge in [0, 0.05) is 18.3 Å². The first kappa shape index (κ1) is 28.0. The molecule has 2 aromatic carbocycles. The van der Waals surface area contributed by atoms with Crippen LogP contribution >= 0.6 is 0 Å². The number of carbonyl (C=O) groups is 2. The Morgan fingerprint density at radius 1 is 1.00 bits per heavy atom. The number of halogens is 1. The summed E-state index contributed by atoms with van der Waals surface area (Å²) < 4.78 is 26.0. The Bertz CT molecular complexity index is 1090. The van der Waals surface area contributed by atoms with Gasteiger partial charge in [-0.2, -0.15) is 0 Å². The Kier molecular flexibility index (Phi) is 10.1. The fourth-order valence-corrected chi connectivity index (χ4v) is 5.69. The van der Waals surface area contributed by atoms with Gasteiger partial charge in [-0.1, -0.05) is 43.5 Å². The van der Waals surface area contributed by atoms with Crippen molar-refractivity contribution in [2.45, 2.75) is 89.6 Å². The third kappa shape index (κ3) is 7.77. The molecule has 0 aliphatic heterocycles. The number of hydrogen-bond donors (Lipinski definition) is 2. The van der Waals surface area contributed by atoms with Gasteiger partial charge in [0.2, 0.25) is 0 Å². The summed E-state index contributed by atoms with van der Waals surface area (Å²) >= 11 is 0. The summed E-state index contributed by atoms with van der Waals surface area (Å²) in [5.74, 6) is -1.32. The summed E-state index contributed by atoms with van der Waals surface area (Å²) in [4.78, 5) is 26.7. The molecule has 38 heavy (non-hydrogen) atoms. The molecule has 4 rings (SSSR count). The number of nitrogens with zero attached hydrogens (tertiary/aromatic N) is 1. The van der Waals surface area contributed by atoms with E-state index < -0.39 is 5.97 Å². The number of carbonyl (C=O) groups excluding carboxylic acids is 1. The maximum absolute atomic E-state index is 13.6. The summed E-state index contributed by atoms with van der Waals surface area (Å²) in [6.07, 6.45) is 8.91.